The summed E-state index contributed by atoms with van der Waals surface area (Å²) in [5.74, 6) is 0. The molecule has 2 aliphatic rings. The first kappa shape index (κ1) is 18.7. The molecular formula is C33H24. The van der Waals surface area contributed by atoms with Crippen LogP contribution in [0, 0.1) is 0 Å². The molecule has 0 radical (unpaired) electrons. The lowest BCUT2D eigenvalue weighted by Gasteiger charge is -2.30. The van der Waals surface area contributed by atoms with Crippen molar-refractivity contribution in [3.8, 4) is 11.1 Å². The van der Waals surface area contributed by atoms with Crippen molar-refractivity contribution in [3.63, 3.8) is 0 Å². The summed E-state index contributed by atoms with van der Waals surface area (Å²) in [6.07, 6.45) is 0. The van der Waals surface area contributed by atoms with Gasteiger partial charge in [0, 0.05) is 0 Å². The normalized spacial score (nSPS) is 14.0. The first-order valence-electron chi connectivity index (χ1n) is 12.0. The van der Waals surface area contributed by atoms with Crippen LogP contribution in [0.5, 0.6) is 0 Å². The molecule has 0 fully saturated rings. The Labute approximate surface area is 194 Å². The highest BCUT2D eigenvalue weighted by atomic mass is 14.5. The zero-order chi connectivity index (χ0) is 22.2. The van der Waals surface area contributed by atoms with Crippen molar-refractivity contribution in [2.75, 3.05) is 0 Å². The highest BCUT2D eigenvalue weighted by molar-refractivity contribution is 6.29. The minimum Gasteiger partial charge on any atom is -0.0683 e. The average molecular weight is 421 g/mol. The molecule has 6 aromatic carbocycles. The van der Waals surface area contributed by atoms with Crippen LogP contribution in [0.3, 0.4) is 0 Å². The molecule has 0 aliphatic heterocycles. The van der Waals surface area contributed by atoms with E-state index in [2.05, 4.69) is 109 Å². The molecule has 0 N–H and O–H groups in total. The molecule has 1 spiro atoms. The second-order valence-electron chi connectivity index (χ2n) is 8.84. The molecule has 0 saturated heterocycles. The van der Waals surface area contributed by atoms with E-state index in [1.807, 2.05) is 13.8 Å². The third-order valence-electron chi connectivity index (χ3n) is 7.65. The quantitative estimate of drug-likeness (QED) is 0.215. The van der Waals surface area contributed by atoms with E-state index in [0.29, 0.717) is 0 Å². The zero-order valence-corrected chi connectivity index (χ0v) is 18.9. The van der Waals surface area contributed by atoms with Crippen LogP contribution in [0.15, 0.2) is 109 Å². The molecule has 156 valence electrons. The highest BCUT2D eigenvalue weighted by Crippen LogP contribution is 2.62. The van der Waals surface area contributed by atoms with E-state index in [-0.39, 0.29) is 5.41 Å². The van der Waals surface area contributed by atoms with Crippen LogP contribution >= 0.6 is 0 Å². The fourth-order valence-corrected chi connectivity index (χ4v) is 6.63. The van der Waals surface area contributed by atoms with E-state index in [9.17, 15) is 0 Å². The van der Waals surface area contributed by atoms with Gasteiger partial charge in [0.15, 0.2) is 0 Å². The molecule has 0 amide bonds. The molecule has 6 aromatic rings. The first-order valence-corrected chi connectivity index (χ1v) is 12.0. The molecular weight excluding hydrogens is 396 g/mol. The summed E-state index contributed by atoms with van der Waals surface area (Å²) < 4.78 is 0. The Morgan fingerprint density at radius 2 is 0.727 bits per heavy atom. The van der Waals surface area contributed by atoms with Crippen molar-refractivity contribution in [2.45, 2.75) is 19.3 Å². The summed E-state index contributed by atoms with van der Waals surface area (Å²) in [5.41, 5.74) is 8.17. The van der Waals surface area contributed by atoms with Gasteiger partial charge in [-0.1, -0.05) is 123 Å². The van der Waals surface area contributed by atoms with Crippen molar-refractivity contribution in [3.05, 3.63) is 131 Å². The Kier molecular flexibility index (Phi) is 3.71. The molecule has 0 saturated carbocycles. The van der Waals surface area contributed by atoms with Gasteiger partial charge in [-0.2, -0.15) is 0 Å². The summed E-state index contributed by atoms with van der Waals surface area (Å²) in [4.78, 5) is 0. The first-order chi connectivity index (χ1) is 16.4. The molecule has 0 heteroatoms. The SMILES string of the molecule is CC.c1ccc2c(c1)-c1ccccc1C21c2cccc3c4ccccc4c4cccc1c4c23. The van der Waals surface area contributed by atoms with Crippen LogP contribution in [0.2, 0.25) is 0 Å². The smallest absolute Gasteiger partial charge is 0.0683 e. The van der Waals surface area contributed by atoms with Gasteiger partial charge >= 0.3 is 0 Å². The van der Waals surface area contributed by atoms with Crippen LogP contribution in [-0.4, -0.2) is 0 Å². The average Bonchev–Trinajstić information content (AvgIpc) is 3.37. The molecule has 0 heterocycles. The van der Waals surface area contributed by atoms with E-state index >= 15 is 0 Å². The van der Waals surface area contributed by atoms with Gasteiger partial charge in [-0.05, 0) is 65.7 Å². The lowest BCUT2D eigenvalue weighted by Crippen LogP contribution is -2.25. The molecule has 0 unspecified atom stereocenters. The molecule has 0 nitrogen and oxygen atoms in total. The zero-order valence-electron chi connectivity index (χ0n) is 18.9. The predicted molar refractivity (Wildman–Crippen MR) is 141 cm³/mol. The van der Waals surface area contributed by atoms with Gasteiger partial charge in [0.05, 0.1) is 5.41 Å². The maximum atomic E-state index is 2.37. The molecule has 0 bridgehead atoms. The topological polar surface area (TPSA) is 0 Å². The largest absolute Gasteiger partial charge is 0.0725 e. The predicted octanol–water partition coefficient (Wildman–Crippen LogP) is 8.85. The fourth-order valence-electron chi connectivity index (χ4n) is 6.63. The van der Waals surface area contributed by atoms with Crippen LogP contribution in [0.25, 0.3) is 43.4 Å². The van der Waals surface area contributed by atoms with Gasteiger partial charge in [0.1, 0.15) is 0 Å². The summed E-state index contributed by atoms with van der Waals surface area (Å²) in [6, 6.07) is 40.8. The Hall–Kier alpha value is -3.90. The molecule has 0 aromatic heterocycles. The van der Waals surface area contributed by atoms with Gasteiger partial charge in [0.2, 0.25) is 0 Å². The van der Waals surface area contributed by atoms with E-state index in [4.69, 9.17) is 0 Å². The van der Waals surface area contributed by atoms with Crippen molar-refractivity contribution in [1.29, 1.82) is 0 Å². The van der Waals surface area contributed by atoms with Gasteiger partial charge in [-0.15, -0.1) is 0 Å². The summed E-state index contributed by atoms with van der Waals surface area (Å²) >= 11 is 0. The van der Waals surface area contributed by atoms with E-state index in [1.165, 1.54) is 65.7 Å². The Morgan fingerprint density at radius 3 is 1.21 bits per heavy atom. The molecule has 8 rings (SSSR count). The number of rotatable bonds is 0. The van der Waals surface area contributed by atoms with E-state index in [1.54, 1.807) is 0 Å². The third kappa shape index (κ3) is 2.03. The van der Waals surface area contributed by atoms with Crippen LogP contribution in [-0.2, 0) is 5.41 Å². The maximum absolute atomic E-state index is 2.37. The number of fused-ring (bicyclic) bond motifs is 10. The standard InChI is InChI=1S/C31H18.C2H6/c1-2-10-20-19(9-1)23-13-7-17-27-29(23)30-24(20)14-8-18-28(30)31(27)25-15-5-3-11-21(25)22-12-4-6-16-26(22)31;1-2/h1-18H;1-2H3. The van der Waals surface area contributed by atoms with Crippen molar-refractivity contribution in [1.82, 2.24) is 0 Å². The van der Waals surface area contributed by atoms with Crippen molar-refractivity contribution >= 4 is 32.3 Å². The van der Waals surface area contributed by atoms with Crippen LogP contribution in [0.4, 0.5) is 0 Å². The lowest BCUT2D eigenvalue weighted by molar-refractivity contribution is 0.797. The fraction of sp³-hybridized carbons (Fsp3) is 0.0909. The lowest BCUT2D eigenvalue weighted by atomic mass is 9.70. The van der Waals surface area contributed by atoms with Crippen LogP contribution in [0.1, 0.15) is 36.1 Å². The number of hydrogen-bond donors (Lipinski definition) is 0. The minimum absolute atomic E-state index is 0.244. The third-order valence-corrected chi connectivity index (χ3v) is 7.65. The minimum atomic E-state index is -0.244. The highest BCUT2D eigenvalue weighted by Gasteiger charge is 2.50. The molecule has 33 heavy (non-hydrogen) atoms. The van der Waals surface area contributed by atoms with Crippen LogP contribution < -0.4 is 0 Å². The maximum Gasteiger partial charge on any atom is 0.0725 e. The Morgan fingerprint density at radius 1 is 0.364 bits per heavy atom. The molecule has 2 aliphatic carbocycles. The van der Waals surface area contributed by atoms with Crippen molar-refractivity contribution < 1.29 is 0 Å². The summed E-state index contributed by atoms with van der Waals surface area (Å²) in [5, 5.41) is 8.29. The van der Waals surface area contributed by atoms with E-state index in [0.717, 1.165) is 0 Å². The number of hydrogen-bond acceptors (Lipinski definition) is 0. The Balaban J connectivity index is 0.000000928. The van der Waals surface area contributed by atoms with E-state index < -0.39 is 0 Å². The van der Waals surface area contributed by atoms with Gasteiger partial charge in [0.25, 0.3) is 0 Å². The van der Waals surface area contributed by atoms with Gasteiger partial charge in [-0.3, -0.25) is 0 Å². The summed E-state index contributed by atoms with van der Waals surface area (Å²) in [7, 11) is 0. The van der Waals surface area contributed by atoms with Crippen molar-refractivity contribution in [2.24, 2.45) is 0 Å². The monoisotopic (exact) mass is 420 g/mol. The Bertz CT molecular complexity index is 1610. The van der Waals surface area contributed by atoms with Gasteiger partial charge in [-0.25, -0.2) is 0 Å². The number of benzene rings is 6. The second-order valence-corrected chi connectivity index (χ2v) is 8.84. The van der Waals surface area contributed by atoms with Gasteiger partial charge < -0.3 is 0 Å². The summed E-state index contributed by atoms with van der Waals surface area (Å²) in [6.45, 7) is 4.00. The molecule has 0 atom stereocenters. The second kappa shape index (κ2) is 6.56.